The molecule has 0 spiro atoms. The van der Waals surface area contributed by atoms with E-state index in [1.165, 1.54) is 0 Å². The standard InChI is InChI=1S/C18H16N4O4/c19-16(23)10-26-22-13-5-3-11(4-6-13)15(18(24)25)8-12-9-21-17-14(12)2-1-7-20-17/h1-9,22H,10H2,(H2,19,23)(H,20,21)(H,24,25)/b15-8-. The molecule has 1 amide bonds. The van der Waals surface area contributed by atoms with E-state index in [9.17, 15) is 14.7 Å². The fraction of sp³-hybridized carbons (Fsp3) is 0.0556. The van der Waals surface area contributed by atoms with Crippen LogP contribution in [0, 0.1) is 0 Å². The van der Waals surface area contributed by atoms with Crippen LogP contribution in [0.2, 0.25) is 0 Å². The summed E-state index contributed by atoms with van der Waals surface area (Å²) in [6.07, 6.45) is 4.97. The number of carbonyl (C=O) groups is 2. The van der Waals surface area contributed by atoms with Crippen LogP contribution in [0.15, 0.2) is 48.8 Å². The molecule has 1 aromatic carbocycles. The lowest BCUT2D eigenvalue weighted by atomic mass is 10.0. The van der Waals surface area contributed by atoms with Gasteiger partial charge in [-0.2, -0.15) is 0 Å². The summed E-state index contributed by atoms with van der Waals surface area (Å²) < 4.78 is 0. The molecule has 3 aromatic rings. The summed E-state index contributed by atoms with van der Waals surface area (Å²) in [6.45, 7) is -0.267. The van der Waals surface area contributed by atoms with Crippen molar-refractivity contribution in [2.45, 2.75) is 0 Å². The average molecular weight is 352 g/mol. The molecule has 0 aliphatic carbocycles. The number of carbonyl (C=O) groups excluding carboxylic acids is 1. The Morgan fingerprint density at radius 1 is 1.27 bits per heavy atom. The summed E-state index contributed by atoms with van der Waals surface area (Å²) in [7, 11) is 0. The SMILES string of the molecule is NC(=O)CONc1ccc(/C(=C/c2c[nH]c3ncccc23)C(=O)O)cc1. The minimum absolute atomic E-state index is 0.138. The van der Waals surface area contributed by atoms with Gasteiger partial charge in [0.15, 0.2) is 6.61 Å². The zero-order valence-electron chi connectivity index (χ0n) is 13.6. The maximum atomic E-state index is 11.7. The molecule has 3 rings (SSSR count). The van der Waals surface area contributed by atoms with Crippen LogP contribution in [0.25, 0.3) is 22.7 Å². The Kier molecular flexibility index (Phi) is 4.95. The van der Waals surface area contributed by atoms with Gasteiger partial charge in [-0.1, -0.05) is 12.1 Å². The maximum absolute atomic E-state index is 11.7. The summed E-state index contributed by atoms with van der Waals surface area (Å²) in [4.78, 5) is 34.4. The molecule has 8 heteroatoms. The largest absolute Gasteiger partial charge is 0.478 e. The monoisotopic (exact) mass is 352 g/mol. The van der Waals surface area contributed by atoms with E-state index in [0.717, 1.165) is 10.9 Å². The first-order chi connectivity index (χ1) is 12.5. The van der Waals surface area contributed by atoms with Crippen LogP contribution in [0.1, 0.15) is 11.1 Å². The van der Waals surface area contributed by atoms with Crippen LogP contribution >= 0.6 is 0 Å². The maximum Gasteiger partial charge on any atom is 0.336 e. The highest BCUT2D eigenvalue weighted by molar-refractivity contribution is 6.21. The van der Waals surface area contributed by atoms with Gasteiger partial charge in [-0.25, -0.2) is 9.78 Å². The van der Waals surface area contributed by atoms with Gasteiger partial charge in [0.2, 0.25) is 5.91 Å². The molecule has 0 radical (unpaired) electrons. The molecular formula is C18H16N4O4. The van der Waals surface area contributed by atoms with Crippen molar-refractivity contribution < 1.29 is 19.5 Å². The number of nitrogens with zero attached hydrogens (tertiary/aromatic N) is 1. The van der Waals surface area contributed by atoms with Crippen molar-refractivity contribution in [2.24, 2.45) is 5.73 Å². The van der Waals surface area contributed by atoms with Crippen molar-refractivity contribution in [1.82, 2.24) is 9.97 Å². The molecule has 0 saturated carbocycles. The van der Waals surface area contributed by atoms with Gasteiger partial charge in [-0.15, -0.1) is 0 Å². The zero-order valence-corrected chi connectivity index (χ0v) is 13.6. The molecule has 5 N–H and O–H groups in total. The van der Waals surface area contributed by atoms with Gasteiger partial charge >= 0.3 is 5.97 Å². The van der Waals surface area contributed by atoms with Crippen LogP contribution in [0.4, 0.5) is 5.69 Å². The van der Waals surface area contributed by atoms with E-state index in [0.29, 0.717) is 16.9 Å². The number of pyridine rings is 1. The van der Waals surface area contributed by atoms with Crippen molar-refractivity contribution in [3.05, 3.63) is 59.9 Å². The number of rotatable bonds is 7. The van der Waals surface area contributed by atoms with Crippen LogP contribution in [-0.2, 0) is 14.4 Å². The number of hydrogen-bond donors (Lipinski definition) is 4. The third kappa shape index (κ3) is 3.87. The Labute approximate surface area is 148 Å². The van der Waals surface area contributed by atoms with Crippen molar-refractivity contribution in [2.75, 3.05) is 12.1 Å². The molecule has 0 unspecified atom stereocenters. The predicted molar refractivity (Wildman–Crippen MR) is 96.8 cm³/mol. The Morgan fingerprint density at radius 3 is 2.73 bits per heavy atom. The predicted octanol–water partition coefficient (Wildman–Crippen LogP) is 2.02. The van der Waals surface area contributed by atoms with Gasteiger partial charge in [0.25, 0.3) is 0 Å². The number of amides is 1. The van der Waals surface area contributed by atoms with E-state index in [2.05, 4.69) is 15.4 Å². The van der Waals surface area contributed by atoms with Gasteiger partial charge in [0.05, 0.1) is 11.3 Å². The van der Waals surface area contributed by atoms with Crippen molar-refractivity contribution in [1.29, 1.82) is 0 Å². The van der Waals surface area contributed by atoms with Gasteiger partial charge < -0.3 is 15.8 Å². The molecule has 0 aliphatic rings. The number of aromatic amines is 1. The number of benzene rings is 1. The molecule has 0 bridgehead atoms. The molecule has 2 heterocycles. The zero-order chi connectivity index (χ0) is 18.5. The molecule has 132 valence electrons. The van der Waals surface area contributed by atoms with Crippen LogP contribution in [0.5, 0.6) is 0 Å². The lowest BCUT2D eigenvalue weighted by Crippen LogP contribution is -2.20. The van der Waals surface area contributed by atoms with Crippen LogP contribution in [0.3, 0.4) is 0 Å². The van der Waals surface area contributed by atoms with Gasteiger partial charge in [0.1, 0.15) is 5.65 Å². The summed E-state index contributed by atoms with van der Waals surface area (Å²) in [6, 6.07) is 10.2. The lowest BCUT2D eigenvalue weighted by molar-refractivity contribution is -0.130. The first kappa shape index (κ1) is 17.2. The Bertz CT molecular complexity index is 976. The number of carboxylic acid groups (broad SMARTS) is 1. The van der Waals surface area contributed by atoms with E-state index >= 15 is 0 Å². The van der Waals surface area contributed by atoms with Gasteiger partial charge in [-0.05, 0) is 35.9 Å². The number of hydrogen-bond acceptors (Lipinski definition) is 5. The van der Waals surface area contributed by atoms with Gasteiger partial charge in [-0.3, -0.25) is 15.1 Å². The number of primary amides is 1. The number of anilines is 1. The number of aliphatic carboxylic acids is 1. The highest BCUT2D eigenvalue weighted by Gasteiger charge is 2.12. The minimum atomic E-state index is -1.05. The fourth-order valence-electron chi connectivity index (χ4n) is 2.43. The van der Waals surface area contributed by atoms with E-state index in [4.69, 9.17) is 10.6 Å². The van der Waals surface area contributed by atoms with Gasteiger partial charge in [0, 0.05) is 23.3 Å². The number of nitrogens with two attached hydrogens (primary N) is 1. The highest BCUT2D eigenvalue weighted by Crippen LogP contribution is 2.24. The van der Waals surface area contributed by atoms with Crippen molar-refractivity contribution in [3.63, 3.8) is 0 Å². The van der Waals surface area contributed by atoms with Crippen LogP contribution in [-0.4, -0.2) is 33.6 Å². The quantitative estimate of drug-likeness (QED) is 0.380. The van der Waals surface area contributed by atoms with E-state index in [1.807, 2.05) is 6.07 Å². The second-order valence-corrected chi connectivity index (χ2v) is 5.44. The average Bonchev–Trinajstić information content (AvgIpc) is 3.03. The van der Waals surface area contributed by atoms with E-state index < -0.39 is 11.9 Å². The summed E-state index contributed by atoms with van der Waals surface area (Å²) in [5.74, 6) is -1.65. The van der Waals surface area contributed by atoms with E-state index in [-0.39, 0.29) is 12.2 Å². The Morgan fingerprint density at radius 2 is 2.04 bits per heavy atom. The first-order valence-electron chi connectivity index (χ1n) is 7.68. The third-order valence-corrected chi connectivity index (χ3v) is 3.61. The lowest BCUT2D eigenvalue weighted by Gasteiger charge is -2.07. The number of H-pyrrole nitrogens is 1. The summed E-state index contributed by atoms with van der Waals surface area (Å²) in [5.41, 5.74) is 10.2. The molecule has 0 atom stereocenters. The Hall–Kier alpha value is -3.65. The number of nitrogens with one attached hydrogen (secondary N) is 2. The highest BCUT2D eigenvalue weighted by atomic mass is 16.6. The molecule has 0 saturated heterocycles. The molecule has 26 heavy (non-hydrogen) atoms. The van der Waals surface area contributed by atoms with E-state index in [1.54, 1.807) is 48.8 Å². The topological polar surface area (TPSA) is 130 Å². The molecular weight excluding hydrogens is 336 g/mol. The normalized spacial score (nSPS) is 11.5. The number of aromatic nitrogens is 2. The summed E-state index contributed by atoms with van der Waals surface area (Å²) in [5, 5.41) is 10.4. The minimum Gasteiger partial charge on any atom is -0.478 e. The van der Waals surface area contributed by atoms with Crippen LogP contribution < -0.4 is 11.2 Å². The number of fused-ring (bicyclic) bond motifs is 1. The fourth-order valence-corrected chi connectivity index (χ4v) is 2.43. The number of carboxylic acids is 1. The van der Waals surface area contributed by atoms with Crippen molar-refractivity contribution in [3.8, 4) is 0 Å². The molecule has 0 aliphatic heterocycles. The Balaban J connectivity index is 1.86. The second kappa shape index (κ2) is 7.49. The first-order valence-corrected chi connectivity index (χ1v) is 7.68. The molecule has 2 aromatic heterocycles. The summed E-state index contributed by atoms with van der Waals surface area (Å²) >= 11 is 0. The van der Waals surface area contributed by atoms with Crippen molar-refractivity contribution >= 4 is 40.2 Å². The third-order valence-electron chi connectivity index (χ3n) is 3.61. The molecule has 8 nitrogen and oxygen atoms in total. The second-order valence-electron chi connectivity index (χ2n) is 5.44. The molecule has 0 fully saturated rings. The smallest absolute Gasteiger partial charge is 0.336 e.